The molecule has 0 aromatic carbocycles. The molecule has 0 unspecified atom stereocenters. The lowest BCUT2D eigenvalue weighted by Crippen LogP contribution is -2.35. The van der Waals surface area contributed by atoms with Gasteiger partial charge in [-0.25, -0.2) is 9.13 Å². The molecule has 0 fully saturated rings. The first-order chi connectivity index (χ1) is 5.31. The minimum atomic E-state index is -0.192. The van der Waals surface area contributed by atoms with E-state index in [2.05, 4.69) is 0 Å². The summed E-state index contributed by atoms with van der Waals surface area (Å²) in [4.78, 5) is 0. The second kappa shape index (κ2) is 3.47. The maximum Gasteiger partial charge on any atom is 0.247 e. The van der Waals surface area contributed by atoms with Crippen LogP contribution in [0.15, 0.2) is 12.5 Å². The van der Waals surface area contributed by atoms with E-state index in [0.717, 1.165) is 0 Å². The van der Waals surface area contributed by atoms with Crippen molar-refractivity contribution in [1.82, 2.24) is 4.57 Å². The smallest absolute Gasteiger partial charge is 0.247 e. The normalized spacial score (nSPS) is 10.5. The van der Waals surface area contributed by atoms with Gasteiger partial charge < -0.3 is 15.3 Å². The highest BCUT2D eigenvalue weighted by Crippen LogP contribution is 1.92. The Morgan fingerprint density at radius 2 is 2.09 bits per heavy atom. The Morgan fingerprint density at radius 1 is 1.36 bits per heavy atom. The lowest BCUT2D eigenvalue weighted by Gasteiger charge is -1.89. The van der Waals surface area contributed by atoms with Gasteiger partial charge in [0.15, 0.2) is 19.2 Å². The van der Waals surface area contributed by atoms with Crippen molar-refractivity contribution in [2.45, 2.75) is 20.1 Å². The molecule has 0 bridgehead atoms. The Hall–Kier alpha value is -0.910. The highest BCUT2D eigenvalue weighted by Gasteiger charge is 2.09. The van der Waals surface area contributed by atoms with Crippen molar-refractivity contribution in [3.8, 4) is 0 Å². The van der Waals surface area contributed by atoms with E-state index in [4.69, 9.17) is 15.3 Å². The van der Waals surface area contributed by atoms with Crippen LogP contribution >= 0.6 is 0 Å². The van der Waals surface area contributed by atoms with E-state index in [1.807, 2.05) is 0 Å². The standard InChI is InChI=1S/C6H11N2O3/c9-2-6-1-7(4-10)3-8(6)5-11/h1,3,9-11H,2,4-5H2/q+1. The van der Waals surface area contributed by atoms with Gasteiger partial charge >= 0.3 is 0 Å². The zero-order valence-electron chi connectivity index (χ0n) is 6.01. The Morgan fingerprint density at radius 3 is 2.45 bits per heavy atom. The topological polar surface area (TPSA) is 69.5 Å². The van der Waals surface area contributed by atoms with Crippen LogP contribution in [0, 0.1) is 0 Å². The molecule has 0 amide bonds. The van der Waals surface area contributed by atoms with E-state index in [-0.39, 0.29) is 20.1 Å². The van der Waals surface area contributed by atoms with Gasteiger partial charge in [-0.1, -0.05) is 0 Å². The van der Waals surface area contributed by atoms with Crippen LogP contribution in [0.5, 0.6) is 0 Å². The largest absolute Gasteiger partial charge is 0.388 e. The minimum absolute atomic E-state index is 0.145. The Kier molecular flexibility index (Phi) is 2.58. The molecule has 0 saturated heterocycles. The molecule has 0 radical (unpaired) electrons. The van der Waals surface area contributed by atoms with Crippen LogP contribution in [0.2, 0.25) is 0 Å². The number of nitrogens with zero attached hydrogens (tertiary/aromatic N) is 2. The zero-order chi connectivity index (χ0) is 8.27. The van der Waals surface area contributed by atoms with Gasteiger partial charge in [0.05, 0.1) is 0 Å². The molecule has 1 aromatic heterocycles. The van der Waals surface area contributed by atoms with E-state index in [9.17, 15) is 0 Å². The van der Waals surface area contributed by atoms with Crippen molar-refractivity contribution in [2.75, 3.05) is 0 Å². The molecule has 11 heavy (non-hydrogen) atoms. The second-order valence-corrected chi connectivity index (χ2v) is 2.16. The second-order valence-electron chi connectivity index (χ2n) is 2.16. The molecule has 1 heterocycles. The summed E-state index contributed by atoms with van der Waals surface area (Å²) in [5.41, 5.74) is 0.571. The van der Waals surface area contributed by atoms with Gasteiger partial charge in [-0.05, 0) is 0 Å². The van der Waals surface area contributed by atoms with E-state index in [1.54, 1.807) is 6.20 Å². The van der Waals surface area contributed by atoms with Crippen LogP contribution in [0.1, 0.15) is 5.69 Å². The fourth-order valence-corrected chi connectivity index (χ4v) is 0.888. The van der Waals surface area contributed by atoms with Crippen LogP contribution in [0.25, 0.3) is 0 Å². The molecule has 0 saturated carbocycles. The molecule has 1 rings (SSSR count). The lowest BCUT2D eigenvalue weighted by atomic mass is 10.5. The highest BCUT2D eigenvalue weighted by molar-refractivity contribution is 4.84. The molecule has 62 valence electrons. The van der Waals surface area contributed by atoms with Crippen molar-refractivity contribution in [2.24, 2.45) is 0 Å². The fraction of sp³-hybridized carbons (Fsp3) is 0.500. The van der Waals surface area contributed by atoms with E-state index >= 15 is 0 Å². The van der Waals surface area contributed by atoms with Gasteiger partial charge in [-0.2, -0.15) is 0 Å². The summed E-state index contributed by atoms with van der Waals surface area (Å²) in [7, 11) is 0. The van der Waals surface area contributed by atoms with Crippen molar-refractivity contribution in [3.63, 3.8) is 0 Å². The van der Waals surface area contributed by atoms with Crippen molar-refractivity contribution in [3.05, 3.63) is 18.2 Å². The number of aromatic nitrogens is 2. The van der Waals surface area contributed by atoms with Crippen LogP contribution in [-0.4, -0.2) is 19.9 Å². The molecule has 0 spiro atoms. The number of aliphatic hydroxyl groups is 3. The van der Waals surface area contributed by atoms with Gasteiger partial charge in [-0.15, -0.1) is 0 Å². The fourth-order valence-electron chi connectivity index (χ4n) is 0.888. The van der Waals surface area contributed by atoms with Crippen molar-refractivity contribution < 1.29 is 19.9 Å². The molecule has 3 N–H and O–H groups in total. The van der Waals surface area contributed by atoms with Crippen molar-refractivity contribution >= 4 is 0 Å². The average molecular weight is 159 g/mol. The first-order valence-corrected chi connectivity index (χ1v) is 3.22. The average Bonchev–Trinajstić information content (AvgIpc) is 2.46. The number of aliphatic hydroxyl groups excluding tert-OH is 3. The highest BCUT2D eigenvalue weighted by atomic mass is 16.3. The SMILES string of the molecule is OCc1cn(CO)c[n+]1CO. The molecule has 5 heteroatoms. The maximum absolute atomic E-state index is 8.73. The maximum atomic E-state index is 8.73. The summed E-state index contributed by atoms with van der Waals surface area (Å²) in [5.74, 6) is 0. The van der Waals surface area contributed by atoms with E-state index in [1.165, 1.54) is 15.5 Å². The quantitative estimate of drug-likeness (QED) is 0.454. The predicted octanol–water partition coefficient (Wildman–Crippen LogP) is -1.83. The molecule has 0 aliphatic rings. The number of hydrogen-bond donors (Lipinski definition) is 3. The third-order valence-electron chi connectivity index (χ3n) is 1.45. The van der Waals surface area contributed by atoms with Gasteiger partial charge in [0.2, 0.25) is 6.33 Å². The Bertz CT molecular complexity index is 212. The molecule has 0 aliphatic heterocycles. The monoisotopic (exact) mass is 159 g/mol. The summed E-state index contributed by atoms with van der Waals surface area (Å²) >= 11 is 0. The lowest BCUT2D eigenvalue weighted by molar-refractivity contribution is -0.737. The molecule has 1 aromatic rings. The molecular weight excluding hydrogens is 148 g/mol. The summed E-state index contributed by atoms with van der Waals surface area (Å²) in [5, 5.41) is 26.1. The van der Waals surface area contributed by atoms with Gasteiger partial charge in [-0.3, -0.25) is 0 Å². The van der Waals surface area contributed by atoms with E-state index in [0.29, 0.717) is 5.69 Å². The Balaban J connectivity index is 2.92. The number of imidazole rings is 1. The van der Waals surface area contributed by atoms with Gasteiger partial charge in [0.1, 0.15) is 12.8 Å². The third kappa shape index (κ3) is 1.56. The first kappa shape index (κ1) is 8.19. The third-order valence-corrected chi connectivity index (χ3v) is 1.45. The zero-order valence-corrected chi connectivity index (χ0v) is 6.01. The predicted molar refractivity (Wildman–Crippen MR) is 35.0 cm³/mol. The molecule has 0 atom stereocenters. The van der Waals surface area contributed by atoms with Crippen LogP contribution < -0.4 is 4.57 Å². The summed E-state index contributed by atoms with van der Waals surface area (Å²) in [6.45, 7) is -0.490. The summed E-state index contributed by atoms with van der Waals surface area (Å²) in [6.07, 6.45) is 3.09. The van der Waals surface area contributed by atoms with Crippen LogP contribution in [0.4, 0.5) is 0 Å². The van der Waals surface area contributed by atoms with Gasteiger partial charge in [0, 0.05) is 0 Å². The minimum Gasteiger partial charge on any atom is -0.388 e. The number of rotatable bonds is 3. The molecule has 5 nitrogen and oxygen atoms in total. The number of hydrogen-bond acceptors (Lipinski definition) is 3. The van der Waals surface area contributed by atoms with Crippen LogP contribution in [0.3, 0.4) is 0 Å². The van der Waals surface area contributed by atoms with Crippen molar-refractivity contribution in [1.29, 1.82) is 0 Å². The molecular formula is C6H11N2O3+. The summed E-state index contributed by atoms with van der Waals surface area (Å²) in [6, 6.07) is 0. The van der Waals surface area contributed by atoms with Gasteiger partial charge in [0.25, 0.3) is 0 Å². The summed E-state index contributed by atoms with van der Waals surface area (Å²) < 4.78 is 2.90. The van der Waals surface area contributed by atoms with E-state index < -0.39 is 0 Å². The Labute approximate surface area is 63.8 Å². The molecule has 0 aliphatic carbocycles. The van der Waals surface area contributed by atoms with Crippen LogP contribution in [-0.2, 0) is 20.1 Å². The first-order valence-electron chi connectivity index (χ1n) is 3.22.